The summed E-state index contributed by atoms with van der Waals surface area (Å²) in [6, 6.07) is 0. The number of hydrogen-bond donors (Lipinski definition) is 1. The number of alkyl halides is 3. The van der Waals surface area contributed by atoms with Gasteiger partial charge in [0, 0.05) is 13.0 Å². The van der Waals surface area contributed by atoms with Crippen LogP contribution in [0.5, 0.6) is 0 Å². The molecule has 0 spiro atoms. The summed E-state index contributed by atoms with van der Waals surface area (Å²) < 4.78 is 40.5. The minimum absolute atomic E-state index is 0.0225. The van der Waals surface area contributed by atoms with E-state index in [0.29, 0.717) is 0 Å². The van der Waals surface area contributed by atoms with Gasteiger partial charge in [0.05, 0.1) is 19.6 Å². The number of carboxylic acids is 1. The van der Waals surface area contributed by atoms with E-state index in [-0.39, 0.29) is 19.7 Å². The van der Waals surface area contributed by atoms with E-state index in [1.807, 2.05) is 0 Å². The van der Waals surface area contributed by atoms with Crippen molar-refractivity contribution in [2.24, 2.45) is 0 Å². The molecule has 1 heterocycles. The Morgan fingerprint density at radius 3 is 2.59 bits per heavy atom. The summed E-state index contributed by atoms with van der Waals surface area (Å²) in [5.74, 6) is -1.92. The van der Waals surface area contributed by atoms with Gasteiger partial charge in [0.25, 0.3) is 0 Å². The molecule has 0 aromatic carbocycles. The molecule has 1 aliphatic heterocycles. The molecular weight excluding hydrogens is 243 g/mol. The number of rotatable bonds is 3. The molecule has 0 radical (unpaired) electrons. The SMILES string of the molecule is O=C(O)[C@@H]1CN(C(=O)CCC(F)(F)F)CCO1. The number of carboxylic acid groups (broad SMARTS) is 1. The highest BCUT2D eigenvalue weighted by Crippen LogP contribution is 2.22. The number of carbonyl (C=O) groups is 2. The van der Waals surface area contributed by atoms with Gasteiger partial charge in [0.15, 0.2) is 6.10 Å². The molecule has 0 aromatic rings. The summed E-state index contributed by atoms with van der Waals surface area (Å²) in [5, 5.41) is 8.65. The molecule has 0 aromatic heterocycles. The van der Waals surface area contributed by atoms with Gasteiger partial charge in [-0.25, -0.2) is 4.79 Å². The number of nitrogens with zero attached hydrogens (tertiary/aromatic N) is 1. The predicted octanol–water partition coefficient (Wildman–Crippen LogP) is 0.641. The van der Waals surface area contributed by atoms with Gasteiger partial charge < -0.3 is 14.7 Å². The fraction of sp³-hybridized carbons (Fsp3) is 0.778. The highest BCUT2D eigenvalue weighted by atomic mass is 19.4. The average Bonchev–Trinajstić information content (AvgIpc) is 2.25. The molecule has 1 rings (SSSR count). The first-order valence-electron chi connectivity index (χ1n) is 4.98. The standard InChI is InChI=1S/C9H12F3NO4/c10-9(11,12)2-1-7(14)13-3-4-17-6(5-13)8(15)16/h6H,1-5H2,(H,15,16)/t6-/m0/s1. The zero-order chi connectivity index (χ0) is 13.1. The maximum absolute atomic E-state index is 11.9. The van der Waals surface area contributed by atoms with Gasteiger partial charge in [0.2, 0.25) is 5.91 Å². The first-order valence-corrected chi connectivity index (χ1v) is 4.98. The molecule has 8 heteroatoms. The number of morpholine rings is 1. The number of hydrogen-bond acceptors (Lipinski definition) is 3. The maximum Gasteiger partial charge on any atom is 0.389 e. The Labute approximate surface area is 95.1 Å². The Morgan fingerprint density at radius 2 is 2.06 bits per heavy atom. The van der Waals surface area contributed by atoms with E-state index in [2.05, 4.69) is 0 Å². The number of carbonyl (C=O) groups excluding carboxylic acids is 1. The molecule has 1 saturated heterocycles. The Kier molecular flexibility index (Phi) is 4.33. The van der Waals surface area contributed by atoms with Crippen molar-refractivity contribution in [3.05, 3.63) is 0 Å². The first-order chi connectivity index (χ1) is 7.79. The Bertz CT molecular complexity index is 305. The highest BCUT2D eigenvalue weighted by Gasteiger charge is 2.32. The van der Waals surface area contributed by atoms with Crippen molar-refractivity contribution in [2.45, 2.75) is 25.1 Å². The zero-order valence-corrected chi connectivity index (χ0v) is 8.87. The molecule has 1 atom stereocenters. The molecule has 0 aliphatic carbocycles. The van der Waals surface area contributed by atoms with Gasteiger partial charge in [-0.15, -0.1) is 0 Å². The van der Waals surface area contributed by atoms with Crippen molar-refractivity contribution in [3.63, 3.8) is 0 Å². The van der Waals surface area contributed by atoms with Crippen molar-refractivity contribution >= 4 is 11.9 Å². The molecule has 0 bridgehead atoms. The smallest absolute Gasteiger partial charge is 0.389 e. The lowest BCUT2D eigenvalue weighted by molar-refractivity contribution is -0.162. The number of amides is 1. The molecule has 1 aliphatic rings. The third-order valence-corrected chi connectivity index (χ3v) is 2.32. The van der Waals surface area contributed by atoms with Crippen molar-refractivity contribution < 1.29 is 32.6 Å². The molecular formula is C9H12F3NO4. The van der Waals surface area contributed by atoms with Gasteiger partial charge in [-0.3, -0.25) is 4.79 Å². The first kappa shape index (κ1) is 13.8. The van der Waals surface area contributed by atoms with Crippen LogP contribution in [0.4, 0.5) is 13.2 Å². The Morgan fingerprint density at radius 1 is 1.41 bits per heavy atom. The van der Waals surface area contributed by atoms with Gasteiger partial charge in [0.1, 0.15) is 0 Å². The summed E-state index contributed by atoms with van der Waals surface area (Å²) >= 11 is 0. The molecule has 1 amide bonds. The molecule has 0 saturated carbocycles. The fourth-order valence-electron chi connectivity index (χ4n) is 1.43. The minimum Gasteiger partial charge on any atom is -0.479 e. The molecule has 5 nitrogen and oxygen atoms in total. The van der Waals surface area contributed by atoms with E-state index in [0.717, 1.165) is 4.90 Å². The Hall–Kier alpha value is -1.31. The number of halogens is 3. The van der Waals surface area contributed by atoms with E-state index in [4.69, 9.17) is 9.84 Å². The van der Waals surface area contributed by atoms with Crippen LogP contribution in [0.25, 0.3) is 0 Å². The molecule has 98 valence electrons. The van der Waals surface area contributed by atoms with Crippen LogP contribution < -0.4 is 0 Å². The van der Waals surface area contributed by atoms with E-state index in [1.54, 1.807) is 0 Å². The highest BCUT2D eigenvalue weighted by molar-refractivity contribution is 5.78. The zero-order valence-electron chi connectivity index (χ0n) is 8.87. The van der Waals surface area contributed by atoms with Crippen LogP contribution in [0.3, 0.4) is 0 Å². The largest absolute Gasteiger partial charge is 0.479 e. The fourth-order valence-corrected chi connectivity index (χ4v) is 1.43. The second kappa shape index (κ2) is 5.35. The summed E-state index contributed by atoms with van der Waals surface area (Å²) in [6.07, 6.45) is -7.39. The van der Waals surface area contributed by atoms with Gasteiger partial charge in [-0.1, -0.05) is 0 Å². The van der Waals surface area contributed by atoms with Crippen molar-refractivity contribution in [2.75, 3.05) is 19.7 Å². The minimum atomic E-state index is -4.38. The lowest BCUT2D eigenvalue weighted by Gasteiger charge is -2.31. The summed E-state index contributed by atoms with van der Waals surface area (Å²) in [6.45, 7) is -0.0543. The van der Waals surface area contributed by atoms with Crippen LogP contribution in [-0.4, -0.2) is 53.9 Å². The second-order valence-corrected chi connectivity index (χ2v) is 3.65. The predicted molar refractivity (Wildman–Crippen MR) is 49.2 cm³/mol. The van der Waals surface area contributed by atoms with E-state index >= 15 is 0 Å². The van der Waals surface area contributed by atoms with Crippen molar-refractivity contribution in [1.29, 1.82) is 0 Å². The average molecular weight is 255 g/mol. The third kappa shape index (κ3) is 4.59. The van der Waals surface area contributed by atoms with E-state index in [9.17, 15) is 22.8 Å². The number of ether oxygens (including phenoxy) is 1. The normalized spacial score (nSPS) is 21.4. The number of aliphatic carboxylic acids is 1. The van der Waals surface area contributed by atoms with Gasteiger partial charge >= 0.3 is 12.1 Å². The quantitative estimate of drug-likeness (QED) is 0.803. The van der Waals surface area contributed by atoms with Crippen LogP contribution in [0.15, 0.2) is 0 Å². The second-order valence-electron chi connectivity index (χ2n) is 3.65. The van der Waals surface area contributed by atoms with Gasteiger partial charge in [-0.05, 0) is 0 Å². The van der Waals surface area contributed by atoms with Crippen LogP contribution >= 0.6 is 0 Å². The van der Waals surface area contributed by atoms with Crippen LogP contribution in [-0.2, 0) is 14.3 Å². The molecule has 17 heavy (non-hydrogen) atoms. The van der Waals surface area contributed by atoms with E-state index in [1.165, 1.54) is 0 Å². The summed E-state index contributed by atoms with van der Waals surface area (Å²) in [5.41, 5.74) is 0. The molecule has 1 fully saturated rings. The maximum atomic E-state index is 11.9. The van der Waals surface area contributed by atoms with Crippen LogP contribution in [0.1, 0.15) is 12.8 Å². The lowest BCUT2D eigenvalue weighted by Crippen LogP contribution is -2.48. The topological polar surface area (TPSA) is 66.8 Å². The molecule has 1 N–H and O–H groups in total. The third-order valence-electron chi connectivity index (χ3n) is 2.32. The van der Waals surface area contributed by atoms with Crippen LogP contribution in [0.2, 0.25) is 0 Å². The van der Waals surface area contributed by atoms with Crippen molar-refractivity contribution in [3.8, 4) is 0 Å². The Balaban J connectivity index is 2.44. The summed E-state index contributed by atoms with van der Waals surface area (Å²) in [7, 11) is 0. The van der Waals surface area contributed by atoms with Gasteiger partial charge in [-0.2, -0.15) is 13.2 Å². The monoisotopic (exact) mass is 255 g/mol. The van der Waals surface area contributed by atoms with Crippen LogP contribution in [0, 0.1) is 0 Å². The van der Waals surface area contributed by atoms with Crippen molar-refractivity contribution in [1.82, 2.24) is 4.90 Å². The summed E-state index contributed by atoms with van der Waals surface area (Å²) in [4.78, 5) is 23.1. The molecule has 0 unspecified atom stereocenters. The van der Waals surface area contributed by atoms with E-state index < -0.39 is 37.0 Å². The lowest BCUT2D eigenvalue weighted by atomic mass is 10.2.